The van der Waals surface area contributed by atoms with Gasteiger partial charge in [0, 0.05) is 11.2 Å². The van der Waals surface area contributed by atoms with Crippen molar-refractivity contribution in [2.45, 2.75) is 26.8 Å². The van der Waals surface area contributed by atoms with E-state index in [1.807, 2.05) is 32.9 Å². The maximum Gasteiger partial charge on any atom is 0.301 e. The van der Waals surface area contributed by atoms with E-state index in [1.165, 1.54) is 23.3 Å². The molecule has 1 atom stereocenters. The molecule has 5 rings (SSSR count). The van der Waals surface area contributed by atoms with Gasteiger partial charge < -0.3 is 9.84 Å². The second kappa shape index (κ2) is 9.04. The van der Waals surface area contributed by atoms with Gasteiger partial charge in [0.2, 0.25) is 0 Å². The number of fused-ring (bicyclic) bond motifs is 1. The van der Waals surface area contributed by atoms with Crippen molar-refractivity contribution in [3.63, 3.8) is 0 Å². The number of carbonyl (C=O) groups excluding carboxylic acids is 2. The zero-order valence-electron chi connectivity index (χ0n) is 20.0. The Bertz CT molecular complexity index is 1540. The number of ketones is 1. The van der Waals surface area contributed by atoms with Crippen LogP contribution in [0.25, 0.3) is 16.0 Å². The molecular formula is C27H22ClN3O4S. The summed E-state index contributed by atoms with van der Waals surface area (Å²) in [4.78, 5) is 37.3. The van der Waals surface area contributed by atoms with Crippen LogP contribution in [0.1, 0.15) is 34.0 Å². The molecule has 0 radical (unpaired) electrons. The topological polar surface area (TPSA) is 92.6 Å². The van der Waals surface area contributed by atoms with E-state index in [2.05, 4.69) is 9.97 Å². The first-order valence-corrected chi connectivity index (χ1v) is 12.3. The van der Waals surface area contributed by atoms with Crippen molar-refractivity contribution < 1.29 is 19.4 Å². The third-order valence-electron chi connectivity index (χ3n) is 6.15. The Labute approximate surface area is 216 Å². The van der Waals surface area contributed by atoms with Gasteiger partial charge in [0.05, 0.1) is 34.2 Å². The number of aromatic nitrogens is 2. The molecule has 2 aromatic heterocycles. The summed E-state index contributed by atoms with van der Waals surface area (Å²) in [6.45, 7) is 5.62. The van der Waals surface area contributed by atoms with Gasteiger partial charge in [0.1, 0.15) is 17.6 Å². The number of methoxy groups -OCH3 is 1. The highest BCUT2D eigenvalue weighted by atomic mass is 35.5. The van der Waals surface area contributed by atoms with Crippen LogP contribution >= 0.6 is 22.9 Å². The van der Waals surface area contributed by atoms with Gasteiger partial charge in [-0.15, -0.1) is 0 Å². The van der Waals surface area contributed by atoms with Crippen LogP contribution < -0.4 is 9.64 Å². The third kappa shape index (κ3) is 3.83. The van der Waals surface area contributed by atoms with Crippen LogP contribution in [-0.4, -0.2) is 33.9 Å². The Balaban J connectivity index is 1.77. The fraction of sp³-hybridized carbons (Fsp3) is 0.185. The number of Topliss-reactive ketones (excluding diaryl/α,β-unsaturated/α-hetero) is 1. The molecule has 1 unspecified atom stereocenters. The van der Waals surface area contributed by atoms with Gasteiger partial charge in [-0.3, -0.25) is 19.5 Å². The Morgan fingerprint density at radius 3 is 2.58 bits per heavy atom. The quantitative estimate of drug-likeness (QED) is 0.205. The summed E-state index contributed by atoms with van der Waals surface area (Å²) in [5.74, 6) is -1.51. The summed E-state index contributed by atoms with van der Waals surface area (Å²) in [5.41, 5.74) is 3.84. The molecule has 7 nitrogen and oxygen atoms in total. The van der Waals surface area contributed by atoms with Gasteiger partial charge in [-0.05, 0) is 67.8 Å². The summed E-state index contributed by atoms with van der Waals surface area (Å²) in [6, 6.07) is 11.5. The molecule has 3 heterocycles. The molecule has 1 aliphatic rings. The standard InChI is InChI=1S/C27H22ClN3O4S/c1-13-9-15(3)25(35-4)16(10-13)23(32)21-22(18-7-5-6-8-29-18)31(26(34)24(21)33)27-30-19-12-17(28)14(2)11-20(19)36-27/h5-12,22,32H,1-4H3/b23-21+. The van der Waals surface area contributed by atoms with E-state index in [0.29, 0.717) is 32.7 Å². The lowest BCUT2D eigenvalue weighted by atomic mass is 9.96. The van der Waals surface area contributed by atoms with Gasteiger partial charge >= 0.3 is 5.91 Å². The predicted octanol–water partition coefficient (Wildman–Crippen LogP) is 5.90. The highest BCUT2D eigenvalue weighted by molar-refractivity contribution is 7.22. The fourth-order valence-corrected chi connectivity index (χ4v) is 5.76. The number of benzene rings is 2. The predicted molar refractivity (Wildman–Crippen MR) is 141 cm³/mol. The van der Waals surface area contributed by atoms with Crippen molar-refractivity contribution in [3.8, 4) is 5.75 Å². The number of aliphatic hydroxyl groups excluding tert-OH is 1. The van der Waals surface area contributed by atoms with E-state index < -0.39 is 17.7 Å². The second-order valence-electron chi connectivity index (χ2n) is 8.65. The lowest BCUT2D eigenvalue weighted by Crippen LogP contribution is -2.29. The SMILES string of the molecule is COc1c(C)cc(C)cc1/C(O)=C1\C(=O)C(=O)N(c2nc3cc(Cl)c(C)cc3s2)C1c1ccccn1. The Morgan fingerprint density at radius 2 is 1.89 bits per heavy atom. The largest absolute Gasteiger partial charge is 0.507 e. The maximum atomic E-state index is 13.5. The fourth-order valence-electron chi connectivity index (χ4n) is 4.53. The Hall–Kier alpha value is -3.75. The van der Waals surface area contributed by atoms with Crippen molar-refractivity contribution in [2.75, 3.05) is 12.0 Å². The first-order chi connectivity index (χ1) is 17.2. The van der Waals surface area contributed by atoms with Crippen LogP contribution in [0.4, 0.5) is 5.13 Å². The minimum Gasteiger partial charge on any atom is -0.507 e. The normalized spacial score (nSPS) is 17.2. The van der Waals surface area contributed by atoms with E-state index in [9.17, 15) is 14.7 Å². The van der Waals surface area contributed by atoms with Crippen LogP contribution in [0.2, 0.25) is 5.02 Å². The van der Waals surface area contributed by atoms with Crippen LogP contribution in [0.5, 0.6) is 5.75 Å². The number of ether oxygens (including phenoxy) is 1. The molecule has 2 aromatic carbocycles. The lowest BCUT2D eigenvalue weighted by Gasteiger charge is -2.22. The highest BCUT2D eigenvalue weighted by Crippen LogP contribution is 2.45. The molecule has 0 saturated carbocycles. The van der Waals surface area contributed by atoms with Gasteiger partial charge in [-0.25, -0.2) is 4.98 Å². The highest BCUT2D eigenvalue weighted by Gasteiger charge is 2.49. The number of aliphatic hydroxyl groups is 1. The molecule has 182 valence electrons. The van der Waals surface area contributed by atoms with E-state index in [1.54, 1.807) is 36.5 Å². The summed E-state index contributed by atoms with van der Waals surface area (Å²) in [6.07, 6.45) is 1.58. The average Bonchev–Trinajstić information content (AvgIpc) is 3.36. The van der Waals surface area contributed by atoms with Crippen LogP contribution in [0, 0.1) is 20.8 Å². The van der Waals surface area contributed by atoms with Gasteiger partial charge in [-0.1, -0.05) is 35.1 Å². The molecule has 1 amide bonds. The number of hydrogen-bond donors (Lipinski definition) is 1. The van der Waals surface area contributed by atoms with Crippen molar-refractivity contribution in [2.24, 2.45) is 0 Å². The minimum absolute atomic E-state index is 0.0736. The molecule has 4 aromatic rings. The van der Waals surface area contributed by atoms with E-state index in [4.69, 9.17) is 16.3 Å². The number of thiazole rings is 1. The second-order valence-corrected chi connectivity index (χ2v) is 10.1. The van der Waals surface area contributed by atoms with E-state index in [0.717, 1.165) is 21.4 Å². The van der Waals surface area contributed by atoms with Crippen LogP contribution in [-0.2, 0) is 9.59 Å². The van der Waals surface area contributed by atoms with Crippen molar-refractivity contribution in [1.29, 1.82) is 0 Å². The summed E-state index contributed by atoms with van der Waals surface area (Å²) < 4.78 is 6.37. The smallest absolute Gasteiger partial charge is 0.301 e. The number of pyridine rings is 1. The van der Waals surface area contributed by atoms with Crippen molar-refractivity contribution in [3.05, 3.63) is 87.2 Å². The van der Waals surface area contributed by atoms with Gasteiger partial charge in [0.15, 0.2) is 5.13 Å². The first-order valence-electron chi connectivity index (χ1n) is 11.2. The lowest BCUT2D eigenvalue weighted by molar-refractivity contribution is -0.132. The number of hydrogen-bond acceptors (Lipinski definition) is 7. The molecule has 36 heavy (non-hydrogen) atoms. The molecule has 1 aliphatic heterocycles. The van der Waals surface area contributed by atoms with E-state index >= 15 is 0 Å². The number of amides is 1. The zero-order valence-corrected chi connectivity index (χ0v) is 21.6. The molecule has 0 bridgehead atoms. The van der Waals surface area contributed by atoms with Crippen LogP contribution in [0.15, 0.2) is 54.2 Å². The number of anilines is 1. The Morgan fingerprint density at radius 1 is 1.11 bits per heavy atom. The molecular weight excluding hydrogens is 498 g/mol. The zero-order chi connectivity index (χ0) is 25.7. The third-order valence-corrected chi connectivity index (χ3v) is 7.58. The summed E-state index contributed by atoms with van der Waals surface area (Å²) in [5, 5.41) is 12.4. The monoisotopic (exact) mass is 519 g/mol. The Kier molecular flexibility index (Phi) is 6.02. The maximum absolute atomic E-state index is 13.5. The van der Waals surface area contributed by atoms with Crippen LogP contribution in [0.3, 0.4) is 0 Å². The molecule has 0 spiro atoms. The molecule has 9 heteroatoms. The molecule has 1 saturated heterocycles. The minimum atomic E-state index is -0.978. The number of carbonyl (C=O) groups is 2. The average molecular weight is 520 g/mol. The molecule has 0 aliphatic carbocycles. The molecule has 1 fully saturated rings. The summed E-state index contributed by atoms with van der Waals surface area (Å²) >= 11 is 7.56. The number of aryl methyl sites for hydroxylation is 3. The first kappa shape index (κ1) is 24.0. The summed E-state index contributed by atoms with van der Waals surface area (Å²) in [7, 11) is 1.50. The van der Waals surface area contributed by atoms with Gasteiger partial charge in [0.25, 0.3) is 5.78 Å². The molecule has 1 N–H and O–H groups in total. The van der Waals surface area contributed by atoms with Crippen molar-refractivity contribution in [1.82, 2.24) is 9.97 Å². The van der Waals surface area contributed by atoms with E-state index in [-0.39, 0.29) is 11.3 Å². The van der Waals surface area contributed by atoms with Crippen molar-refractivity contribution >= 4 is 55.7 Å². The number of nitrogens with zero attached hydrogens (tertiary/aromatic N) is 3. The number of rotatable bonds is 4. The van der Waals surface area contributed by atoms with Gasteiger partial charge in [-0.2, -0.15) is 0 Å². The number of halogens is 1.